The highest BCUT2D eigenvalue weighted by molar-refractivity contribution is 6.16. The maximum absolute atomic E-state index is 6.07. The number of imidazole rings is 1. The fraction of sp³-hybridized carbons (Fsp3) is 0.714. The fourth-order valence-corrected chi connectivity index (χ4v) is 2.50. The lowest BCUT2D eigenvalue weighted by atomic mass is 9.90. The molecular weight excluding hydrogens is 260 g/mol. The largest absolute Gasteiger partial charge is 0.311 e. The molecule has 4 nitrogen and oxygen atoms in total. The predicted molar refractivity (Wildman–Crippen MR) is 79.6 cm³/mol. The zero-order valence-corrected chi connectivity index (χ0v) is 13.3. The monoisotopic (exact) mass is 282 g/mol. The van der Waals surface area contributed by atoms with E-state index in [1.807, 2.05) is 11.6 Å². The van der Waals surface area contributed by atoms with E-state index in [9.17, 15) is 0 Å². The Balaban J connectivity index is 2.62. The highest BCUT2D eigenvalue weighted by Gasteiger charge is 2.23. The number of hydrogen-bond donors (Lipinski definition) is 0. The third kappa shape index (κ3) is 2.50. The molecule has 2 aromatic rings. The van der Waals surface area contributed by atoms with Crippen LogP contribution in [0.4, 0.5) is 0 Å². The first-order valence-corrected chi connectivity index (χ1v) is 7.45. The Morgan fingerprint density at radius 1 is 1.26 bits per heavy atom. The molecule has 0 spiro atoms. The van der Waals surface area contributed by atoms with E-state index in [1.165, 1.54) is 0 Å². The molecule has 0 aliphatic heterocycles. The van der Waals surface area contributed by atoms with E-state index >= 15 is 0 Å². The van der Waals surface area contributed by atoms with Gasteiger partial charge in [0.05, 0.1) is 11.6 Å². The smallest absolute Gasteiger partial charge is 0.158 e. The summed E-state index contributed by atoms with van der Waals surface area (Å²) in [5.74, 6) is 1.39. The summed E-state index contributed by atoms with van der Waals surface area (Å²) < 4.78 is 4.27. The molecule has 0 aromatic carbocycles. The van der Waals surface area contributed by atoms with Crippen LogP contribution in [0.3, 0.4) is 0 Å². The van der Waals surface area contributed by atoms with E-state index in [2.05, 4.69) is 42.3 Å². The van der Waals surface area contributed by atoms with Gasteiger partial charge in [-0.3, -0.25) is 0 Å². The van der Waals surface area contributed by atoms with Gasteiger partial charge in [0.2, 0.25) is 0 Å². The SMILES string of the molecule is CCn1nc(C)c2nc(CCl)n(CC(C)(C)CC)c21. The third-order valence-corrected chi connectivity index (χ3v) is 4.08. The Hall–Kier alpha value is -1.03. The molecule has 0 unspecified atom stereocenters. The maximum Gasteiger partial charge on any atom is 0.158 e. The molecule has 0 radical (unpaired) electrons. The third-order valence-electron chi connectivity index (χ3n) is 3.84. The van der Waals surface area contributed by atoms with Crippen LogP contribution in [0.15, 0.2) is 0 Å². The standard InChI is InChI=1S/C14H23ClN4/c1-6-14(4,5)9-18-11(8-15)16-12-10(3)17-19(7-2)13(12)18/h6-9H2,1-5H3. The Bertz CT molecular complexity index is 580. The number of rotatable bonds is 5. The molecule has 106 valence electrons. The van der Waals surface area contributed by atoms with Crippen molar-refractivity contribution < 1.29 is 0 Å². The van der Waals surface area contributed by atoms with Gasteiger partial charge in [0.1, 0.15) is 11.3 Å². The number of nitrogens with zero attached hydrogens (tertiary/aromatic N) is 4. The van der Waals surface area contributed by atoms with E-state index in [4.69, 9.17) is 11.6 Å². The van der Waals surface area contributed by atoms with Crippen molar-refractivity contribution in [2.45, 2.75) is 60.0 Å². The topological polar surface area (TPSA) is 35.6 Å². The number of halogens is 1. The van der Waals surface area contributed by atoms with Gasteiger partial charge in [-0.2, -0.15) is 5.10 Å². The van der Waals surface area contributed by atoms with Crippen molar-refractivity contribution >= 4 is 22.8 Å². The lowest BCUT2D eigenvalue weighted by Crippen LogP contribution is -2.21. The molecule has 0 saturated heterocycles. The number of fused-ring (bicyclic) bond motifs is 1. The lowest BCUT2D eigenvalue weighted by molar-refractivity contribution is 0.293. The molecule has 2 aromatic heterocycles. The number of aromatic nitrogens is 4. The molecule has 5 heteroatoms. The van der Waals surface area contributed by atoms with Gasteiger partial charge in [-0.15, -0.1) is 11.6 Å². The normalized spacial score (nSPS) is 12.5. The predicted octanol–water partition coefficient (Wildman–Crippen LogP) is 3.74. The molecule has 0 fully saturated rings. The second kappa shape index (κ2) is 5.16. The van der Waals surface area contributed by atoms with Crippen molar-refractivity contribution in [3.05, 3.63) is 11.5 Å². The highest BCUT2D eigenvalue weighted by Crippen LogP contribution is 2.28. The number of hydrogen-bond acceptors (Lipinski definition) is 2. The van der Waals surface area contributed by atoms with Crippen LogP contribution in [0.1, 0.15) is 45.6 Å². The number of alkyl halides is 1. The first-order valence-electron chi connectivity index (χ1n) is 6.92. The molecule has 0 amide bonds. The molecular formula is C14H23ClN4. The van der Waals surface area contributed by atoms with Gasteiger partial charge in [-0.05, 0) is 25.7 Å². The Kier molecular flexibility index (Phi) is 3.90. The molecule has 2 heterocycles. The van der Waals surface area contributed by atoms with Gasteiger partial charge >= 0.3 is 0 Å². The van der Waals surface area contributed by atoms with E-state index in [0.717, 1.165) is 42.2 Å². The minimum absolute atomic E-state index is 0.227. The molecule has 0 bridgehead atoms. The minimum atomic E-state index is 0.227. The summed E-state index contributed by atoms with van der Waals surface area (Å²) in [7, 11) is 0. The summed E-state index contributed by atoms with van der Waals surface area (Å²) in [6.45, 7) is 12.7. The van der Waals surface area contributed by atoms with Gasteiger partial charge in [-0.1, -0.05) is 20.8 Å². The van der Waals surface area contributed by atoms with Crippen molar-refractivity contribution in [1.29, 1.82) is 0 Å². The first-order chi connectivity index (χ1) is 8.93. The highest BCUT2D eigenvalue weighted by atomic mass is 35.5. The summed E-state index contributed by atoms with van der Waals surface area (Å²) >= 11 is 6.07. The number of aryl methyl sites for hydroxylation is 2. The summed E-state index contributed by atoms with van der Waals surface area (Å²) in [4.78, 5) is 4.67. The maximum atomic E-state index is 6.07. The summed E-state index contributed by atoms with van der Waals surface area (Å²) in [5, 5.41) is 4.55. The molecule has 0 atom stereocenters. The molecule has 0 aliphatic rings. The van der Waals surface area contributed by atoms with Crippen molar-refractivity contribution in [2.75, 3.05) is 0 Å². The summed E-state index contributed by atoms with van der Waals surface area (Å²) in [5.41, 5.74) is 3.31. The van der Waals surface area contributed by atoms with Crippen molar-refractivity contribution in [1.82, 2.24) is 19.3 Å². The average Bonchev–Trinajstić information content (AvgIpc) is 2.88. The quantitative estimate of drug-likeness (QED) is 0.783. The van der Waals surface area contributed by atoms with Gasteiger partial charge in [0.25, 0.3) is 0 Å². The first kappa shape index (κ1) is 14.4. The van der Waals surface area contributed by atoms with Gasteiger partial charge in [0, 0.05) is 13.1 Å². The molecule has 19 heavy (non-hydrogen) atoms. The van der Waals surface area contributed by atoms with Crippen molar-refractivity contribution in [2.24, 2.45) is 5.41 Å². The van der Waals surface area contributed by atoms with Crippen LogP contribution in [0.25, 0.3) is 11.2 Å². The van der Waals surface area contributed by atoms with Gasteiger partial charge in [0.15, 0.2) is 5.65 Å². The van der Waals surface area contributed by atoms with Gasteiger partial charge < -0.3 is 4.57 Å². The second-order valence-corrected chi connectivity index (χ2v) is 6.11. The molecule has 0 saturated carbocycles. The lowest BCUT2D eigenvalue weighted by Gasteiger charge is -2.24. The zero-order chi connectivity index (χ0) is 14.2. The van der Waals surface area contributed by atoms with E-state index in [-0.39, 0.29) is 5.41 Å². The van der Waals surface area contributed by atoms with Crippen LogP contribution < -0.4 is 0 Å². The Morgan fingerprint density at radius 3 is 2.47 bits per heavy atom. The van der Waals surface area contributed by atoms with E-state index < -0.39 is 0 Å². The molecule has 0 aliphatic carbocycles. The molecule has 2 rings (SSSR count). The van der Waals surface area contributed by atoms with Crippen LogP contribution in [0.5, 0.6) is 0 Å². The van der Waals surface area contributed by atoms with Crippen LogP contribution in [0.2, 0.25) is 0 Å². The molecule has 0 N–H and O–H groups in total. The minimum Gasteiger partial charge on any atom is -0.311 e. The van der Waals surface area contributed by atoms with Crippen LogP contribution >= 0.6 is 11.6 Å². The summed E-state index contributed by atoms with van der Waals surface area (Å²) in [6, 6.07) is 0. The van der Waals surface area contributed by atoms with Crippen LogP contribution in [0, 0.1) is 12.3 Å². The van der Waals surface area contributed by atoms with Gasteiger partial charge in [-0.25, -0.2) is 9.67 Å². The Morgan fingerprint density at radius 2 is 1.95 bits per heavy atom. The van der Waals surface area contributed by atoms with Crippen LogP contribution in [-0.2, 0) is 19.0 Å². The second-order valence-electron chi connectivity index (χ2n) is 5.84. The average molecular weight is 283 g/mol. The van der Waals surface area contributed by atoms with Crippen molar-refractivity contribution in [3.63, 3.8) is 0 Å². The van der Waals surface area contributed by atoms with E-state index in [0.29, 0.717) is 5.88 Å². The fourth-order valence-electron chi connectivity index (χ4n) is 2.30. The van der Waals surface area contributed by atoms with E-state index in [1.54, 1.807) is 0 Å². The Labute approximate surface area is 119 Å². The van der Waals surface area contributed by atoms with Crippen LogP contribution in [-0.4, -0.2) is 19.3 Å². The van der Waals surface area contributed by atoms with Crippen molar-refractivity contribution in [3.8, 4) is 0 Å². The summed E-state index contributed by atoms with van der Waals surface area (Å²) in [6.07, 6.45) is 1.12. The zero-order valence-electron chi connectivity index (χ0n) is 12.5.